The number of hydrogen-bond donors (Lipinski definition) is 2. The minimum atomic E-state index is -0.247. The first-order valence-corrected chi connectivity index (χ1v) is 6.91. The molecule has 2 heterocycles. The molecule has 0 spiro atoms. The minimum Gasteiger partial charge on any atom is -0.354 e. The van der Waals surface area contributed by atoms with Gasteiger partial charge in [-0.05, 0) is 31.1 Å². The molecule has 0 bridgehead atoms. The summed E-state index contributed by atoms with van der Waals surface area (Å²) in [4.78, 5) is 20.2. The molecule has 0 radical (unpaired) electrons. The van der Waals surface area contributed by atoms with E-state index < -0.39 is 0 Å². The maximum absolute atomic E-state index is 11.7. The fraction of sp³-hybridized carbons (Fsp3) is 0.267. The molecule has 0 saturated carbocycles. The second-order valence-electron chi connectivity index (χ2n) is 4.59. The average Bonchev–Trinajstić information content (AvgIpc) is 2.53. The fourth-order valence-electron chi connectivity index (χ4n) is 1.96. The van der Waals surface area contributed by atoms with Crippen LogP contribution in [0.3, 0.4) is 0 Å². The van der Waals surface area contributed by atoms with E-state index >= 15 is 0 Å². The minimum absolute atomic E-state index is 0.247. The molecule has 114 valence electrons. The Hall–Kier alpha value is -2.83. The van der Waals surface area contributed by atoms with E-state index in [9.17, 15) is 4.79 Å². The average molecular weight is 298 g/mol. The van der Waals surface area contributed by atoms with Crippen molar-refractivity contribution in [1.29, 1.82) is 0 Å². The first-order valence-electron chi connectivity index (χ1n) is 6.91. The molecule has 0 fully saturated rings. The van der Waals surface area contributed by atoms with Crippen LogP contribution in [0.5, 0.6) is 0 Å². The lowest BCUT2D eigenvalue weighted by Crippen LogP contribution is -2.22. The number of amides is 1. The Labute approximate surface area is 128 Å². The highest BCUT2D eigenvalue weighted by molar-refractivity contribution is 5.93. The van der Waals surface area contributed by atoms with Gasteiger partial charge < -0.3 is 10.6 Å². The Morgan fingerprint density at radius 3 is 2.68 bits per heavy atom. The summed E-state index contributed by atoms with van der Waals surface area (Å²) < 4.78 is 0. The molecule has 0 aliphatic rings. The molecule has 2 N–H and O–H groups in total. The van der Waals surface area contributed by atoms with Gasteiger partial charge >= 0.3 is 0 Å². The molecule has 0 atom stereocenters. The fourth-order valence-corrected chi connectivity index (χ4v) is 1.96. The first kappa shape index (κ1) is 15.6. The molecule has 0 aliphatic carbocycles. The predicted molar refractivity (Wildman–Crippen MR) is 84.9 cm³/mol. The van der Waals surface area contributed by atoms with Crippen LogP contribution in [-0.4, -0.2) is 33.1 Å². The van der Waals surface area contributed by atoms with E-state index in [4.69, 9.17) is 0 Å². The second-order valence-corrected chi connectivity index (χ2v) is 4.59. The van der Waals surface area contributed by atoms with Gasteiger partial charge in [-0.2, -0.15) is 0 Å². The largest absolute Gasteiger partial charge is 0.354 e. The Kier molecular flexibility index (Phi) is 4.77. The molecule has 1 amide bonds. The van der Waals surface area contributed by atoms with Crippen molar-refractivity contribution in [1.82, 2.24) is 25.5 Å². The Morgan fingerprint density at radius 1 is 1.27 bits per heavy atom. The van der Waals surface area contributed by atoms with Crippen LogP contribution < -0.4 is 10.6 Å². The van der Waals surface area contributed by atoms with Gasteiger partial charge in [-0.15, -0.1) is 10.2 Å². The van der Waals surface area contributed by atoms with Crippen LogP contribution in [-0.2, 0) is 6.42 Å². The van der Waals surface area contributed by atoms with E-state index in [2.05, 4.69) is 37.4 Å². The van der Waals surface area contributed by atoms with E-state index in [1.54, 1.807) is 32.2 Å². The van der Waals surface area contributed by atoms with Crippen LogP contribution in [0.4, 0.5) is 11.6 Å². The zero-order valence-corrected chi connectivity index (χ0v) is 12.8. The van der Waals surface area contributed by atoms with Crippen LogP contribution in [0.15, 0.2) is 18.7 Å². The van der Waals surface area contributed by atoms with Crippen molar-refractivity contribution in [2.24, 2.45) is 0 Å². The van der Waals surface area contributed by atoms with Crippen molar-refractivity contribution in [3.63, 3.8) is 0 Å². The number of aromatic nitrogens is 4. The van der Waals surface area contributed by atoms with Gasteiger partial charge in [0, 0.05) is 13.1 Å². The zero-order chi connectivity index (χ0) is 16.1. The van der Waals surface area contributed by atoms with Crippen LogP contribution in [0, 0.1) is 6.92 Å². The van der Waals surface area contributed by atoms with Crippen LogP contribution in [0.2, 0.25) is 0 Å². The van der Waals surface area contributed by atoms with E-state index in [0.717, 1.165) is 11.3 Å². The monoisotopic (exact) mass is 298 g/mol. The molecular formula is C15H18N6O. The van der Waals surface area contributed by atoms with E-state index in [1.165, 1.54) is 0 Å². The molecule has 0 saturated heterocycles. The van der Waals surface area contributed by atoms with Crippen LogP contribution >= 0.6 is 0 Å². The topological polar surface area (TPSA) is 92.7 Å². The summed E-state index contributed by atoms with van der Waals surface area (Å²) in [6.45, 7) is 7.46. The number of anilines is 2. The summed E-state index contributed by atoms with van der Waals surface area (Å²) in [6, 6.07) is 3.56. The van der Waals surface area contributed by atoms with Crippen molar-refractivity contribution < 1.29 is 4.79 Å². The quantitative estimate of drug-likeness (QED) is 0.875. The standard InChI is InChI=1S/C15H18N6O/c1-5-10-7-13(20-21-14(10)15(22)16-4)19-12-8-11(6-2)17-9(3)18-12/h6-8H,2,5H2,1,3-4H3,(H,16,22)(H,17,18,19,20). The summed E-state index contributed by atoms with van der Waals surface area (Å²) in [6.07, 6.45) is 2.32. The normalized spacial score (nSPS) is 10.1. The molecule has 2 aromatic heterocycles. The Bertz CT molecular complexity index is 713. The molecule has 7 heteroatoms. The third kappa shape index (κ3) is 3.43. The van der Waals surface area contributed by atoms with E-state index in [1.807, 2.05) is 6.92 Å². The lowest BCUT2D eigenvalue weighted by molar-refractivity contribution is 0.0956. The third-order valence-corrected chi connectivity index (χ3v) is 3.02. The van der Waals surface area contributed by atoms with Crippen molar-refractivity contribution >= 4 is 23.6 Å². The number of carbonyl (C=O) groups is 1. The van der Waals surface area contributed by atoms with Gasteiger partial charge in [0.25, 0.3) is 5.91 Å². The van der Waals surface area contributed by atoms with Gasteiger partial charge in [-0.1, -0.05) is 13.5 Å². The van der Waals surface area contributed by atoms with E-state index in [-0.39, 0.29) is 5.91 Å². The molecule has 22 heavy (non-hydrogen) atoms. The van der Waals surface area contributed by atoms with Crippen molar-refractivity contribution in [3.8, 4) is 0 Å². The number of nitrogens with one attached hydrogen (secondary N) is 2. The summed E-state index contributed by atoms with van der Waals surface area (Å²) >= 11 is 0. The molecule has 7 nitrogen and oxygen atoms in total. The van der Waals surface area contributed by atoms with Gasteiger partial charge in [0.2, 0.25) is 0 Å². The lowest BCUT2D eigenvalue weighted by Gasteiger charge is -2.09. The molecule has 0 aromatic carbocycles. The molecule has 2 aromatic rings. The van der Waals surface area contributed by atoms with E-state index in [0.29, 0.717) is 29.6 Å². The summed E-state index contributed by atoms with van der Waals surface area (Å²) in [5.74, 6) is 1.51. The molecular weight excluding hydrogens is 280 g/mol. The maximum atomic E-state index is 11.7. The number of rotatable bonds is 5. The number of carbonyl (C=O) groups excluding carboxylic acids is 1. The second kappa shape index (κ2) is 6.75. The number of hydrogen-bond acceptors (Lipinski definition) is 6. The SMILES string of the molecule is C=Cc1cc(Nc2cc(CC)c(C(=O)NC)nn2)nc(C)n1. The zero-order valence-electron chi connectivity index (χ0n) is 12.8. The molecule has 0 unspecified atom stereocenters. The van der Waals surface area contributed by atoms with Crippen molar-refractivity contribution in [2.45, 2.75) is 20.3 Å². The highest BCUT2D eigenvalue weighted by atomic mass is 16.1. The maximum Gasteiger partial charge on any atom is 0.271 e. The van der Waals surface area contributed by atoms with Gasteiger partial charge in [0.05, 0.1) is 5.69 Å². The predicted octanol–water partition coefficient (Wildman–Crippen LogP) is 1.88. The Morgan fingerprint density at radius 2 is 2.05 bits per heavy atom. The third-order valence-electron chi connectivity index (χ3n) is 3.02. The van der Waals surface area contributed by atoms with Crippen molar-refractivity contribution in [2.75, 3.05) is 12.4 Å². The highest BCUT2D eigenvalue weighted by Gasteiger charge is 2.13. The number of aryl methyl sites for hydroxylation is 2. The summed E-state index contributed by atoms with van der Waals surface area (Å²) in [5, 5.41) is 13.7. The lowest BCUT2D eigenvalue weighted by atomic mass is 10.1. The van der Waals surface area contributed by atoms with Crippen LogP contribution in [0.1, 0.15) is 34.5 Å². The smallest absolute Gasteiger partial charge is 0.271 e. The van der Waals surface area contributed by atoms with Gasteiger partial charge in [0.1, 0.15) is 11.6 Å². The molecule has 2 rings (SSSR count). The first-order chi connectivity index (χ1) is 10.6. The summed E-state index contributed by atoms with van der Waals surface area (Å²) in [7, 11) is 1.57. The Balaban J connectivity index is 2.32. The van der Waals surface area contributed by atoms with Gasteiger partial charge in [0.15, 0.2) is 11.5 Å². The van der Waals surface area contributed by atoms with Crippen LogP contribution in [0.25, 0.3) is 6.08 Å². The van der Waals surface area contributed by atoms with Gasteiger partial charge in [-0.3, -0.25) is 4.79 Å². The number of nitrogens with zero attached hydrogens (tertiary/aromatic N) is 4. The van der Waals surface area contributed by atoms with Gasteiger partial charge in [-0.25, -0.2) is 9.97 Å². The van der Waals surface area contributed by atoms with Crippen molar-refractivity contribution in [3.05, 3.63) is 41.5 Å². The summed E-state index contributed by atoms with van der Waals surface area (Å²) in [5.41, 5.74) is 1.87. The molecule has 0 aliphatic heterocycles. The highest BCUT2D eigenvalue weighted by Crippen LogP contribution is 2.16.